The minimum absolute atomic E-state index is 0.0834. The Morgan fingerprint density at radius 2 is 1.31 bits per heavy atom. The maximum Gasteiger partial charge on any atom is 0.408 e. The lowest BCUT2D eigenvalue weighted by Gasteiger charge is -2.24. The second kappa shape index (κ2) is 25.5. The number of alkyl carbamates (subject to hydrolysis) is 1. The lowest BCUT2D eigenvalue weighted by Crippen LogP contribution is -2.54. The van der Waals surface area contributed by atoms with E-state index in [-0.39, 0.29) is 24.9 Å². The summed E-state index contributed by atoms with van der Waals surface area (Å²) in [6.45, 7) is 7.52. The van der Waals surface area contributed by atoms with Gasteiger partial charge in [-0.05, 0) is 27.2 Å². The smallest absolute Gasteiger partial charge is 0.408 e. The molecular formula is C31H58N2O8S. The van der Waals surface area contributed by atoms with Crippen LogP contribution in [-0.2, 0) is 33.3 Å². The number of carbonyl (C=O) groups excluding carboxylic acids is 4. The molecule has 11 heteroatoms. The van der Waals surface area contributed by atoms with Crippen LogP contribution >= 0.6 is 11.8 Å². The standard InChI is InChI=1S/C31H58N2O8S/c1-7-8-9-10-11-12-13-14-15-16-17-18-19-20-27(34)40-21-22-42-24-26(33-30(37)41-31(2,3)4)28(35)32-25(23-38-5)29(36)39-6/h25-26H,7-24H2,1-6H3,(H,32,35)(H,33,37)/t25-,26-/m0/s1. The number of hydrogen-bond donors (Lipinski definition) is 2. The molecule has 0 aliphatic rings. The highest BCUT2D eigenvalue weighted by Crippen LogP contribution is 2.13. The average molecular weight is 619 g/mol. The van der Waals surface area contributed by atoms with Crippen molar-refractivity contribution in [2.24, 2.45) is 0 Å². The van der Waals surface area contributed by atoms with E-state index in [1.165, 1.54) is 90.2 Å². The first-order valence-electron chi connectivity index (χ1n) is 15.6. The quantitative estimate of drug-likeness (QED) is 0.0725. The van der Waals surface area contributed by atoms with Crippen LogP contribution in [0, 0.1) is 0 Å². The fourth-order valence-corrected chi connectivity index (χ4v) is 5.00. The summed E-state index contributed by atoms with van der Waals surface area (Å²) in [5.74, 6) is -0.838. The lowest BCUT2D eigenvalue weighted by atomic mass is 10.0. The highest BCUT2D eigenvalue weighted by molar-refractivity contribution is 7.99. The normalized spacial score (nSPS) is 12.7. The van der Waals surface area contributed by atoms with Crippen LogP contribution in [0.5, 0.6) is 0 Å². The van der Waals surface area contributed by atoms with Crippen LogP contribution in [0.3, 0.4) is 0 Å². The van der Waals surface area contributed by atoms with Crippen LogP contribution in [-0.4, -0.2) is 80.6 Å². The van der Waals surface area contributed by atoms with E-state index in [0.29, 0.717) is 12.2 Å². The zero-order chi connectivity index (χ0) is 31.6. The van der Waals surface area contributed by atoms with Gasteiger partial charge < -0.3 is 29.6 Å². The molecule has 0 spiro atoms. The van der Waals surface area contributed by atoms with E-state index < -0.39 is 35.7 Å². The third-order valence-electron chi connectivity index (χ3n) is 6.40. The molecule has 0 heterocycles. The molecule has 0 unspecified atom stereocenters. The number of amides is 2. The van der Waals surface area contributed by atoms with E-state index in [4.69, 9.17) is 18.9 Å². The highest BCUT2D eigenvalue weighted by atomic mass is 32.2. The molecule has 10 nitrogen and oxygen atoms in total. The van der Waals surface area contributed by atoms with Gasteiger partial charge in [0.2, 0.25) is 5.91 Å². The molecule has 0 fully saturated rings. The van der Waals surface area contributed by atoms with Crippen molar-refractivity contribution in [3.8, 4) is 0 Å². The average Bonchev–Trinajstić information content (AvgIpc) is 2.92. The number of nitrogens with one attached hydrogen (secondary N) is 2. The molecule has 0 aliphatic carbocycles. The van der Waals surface area contributed by atoms with Gasteiger partial charge in [0, 0.05) is 25.0 Å². The van der Waals surface area contributed by atoms with Crippen molar-refractivity contribution in [2.75, 3.05) is 38.9 Å². The summed E-state index contributed by atoms with van der Waals surface area (Å²) in [4.78, 5) is 49.2. The number of carbonyl (C=O) groups is 4. The molecule has 0 aromatic carbocycles. The predicted octanol–water partition coefficient (Wildman–Crippen LogP) is 5.94. The van der Waals surface area contributed by atoms with Crippen LogP contribution in [0.1, 0.15) is 118 Å². The van der Waals surface area contributed by atoms with Gasteiger partial charge in [0.1, 0.15) is 18.2 Å². The Labute approximate surface area is 258 Å². The molecule has 2 N–H and O–H groups in total. The summed E-state index contributed by atoms with van der Waals surface area (Å²) in [6, 6.07) is -2.01. The number of methoxy groups -OCH3 is 2. The Kier molecular flexibility index (Phi) is 24.3. The van der Waals surface area contributed by atoms with Crippen molar-refractivity contribution >= 4 is 35.7 Å². The predicted molar refractivity (Wildman–Crippen MR) is 168 cm³/mol. The van der Waals surface area contributed by atoms with Crippen LogP contribution in [0.15, 0.2) is 0 Å². The molecule has 0 aliphatic heterocycles. The molecule has 0 bridgehead atoms. The van der Waals surface area contributed by atoms with Crippen molar-refractivity contribution in [1.29, 1.82) is 0 Å². The molecule has 0 aromatic rings. The first-order chi connectivity index (χ1) is 20.0. The van der Waals surface area contributed by atoms with Gasteiger partial charge in [0.05, 0.1) is 13.7 Å². The van der Waals surface area contributed by atoms with Gasteiger partial charge in [-0.25, -0.2) is 9.59 Å². The van der Waals surface area contributed by atoms with E-state index in [1.54, 1.807) is 20.8 Å². The van der Waals surface area contributed by atoms with Gasteiger partial charge in [-0.15, -0.1) is 0 Å². The van der Waals surface area contributed by atoms with Crippen molar-refractivity contribution < 1.29 is 38.1 Å². The second-order valence-corrected chi connectivity index (χ2v) is 12.7. The van der Waals surface area contributed by atoms with Crippen LogP contribution in [0.2, 0.25) is 0 Å². The van der Waals surface area contributed by atoms with Crippen molar-refractivity contribution in [3.05, 3.63) is 0 Å². The third kappa shape index (κ3) is 23.5. The Balaban J connectivity index is 4.26. The summed E-state index contributed by atoms with van der Waals surface area (Å²) in [6.07, 6.45) is 15.9. The molecule has 0 radical (unpaired) electrons. The SMILES string of the molecule is CCCCCCCCCCCCCCCC(=O)OCCSC[C@H](NC(=O)OC(C)(C)C)C(=O)N[C@@H](COC)C(=O)OC. The first kappa shape index (κ1) is 40.0. The van der Waals surface area contributed by atoms with Crippen molar-refractivity contribution in [1.82, 2.24) is 10.6 Å². The Hall–Kier alpha value is -2.01. The van der Waals surface area contributed by atoms with Crippen molar-refractivity contribution in [2.45, 2.75) is 135 Å². The Bertz CT molecular complexity index is 745. The highest BCUT2D eigenvalue weighted by Gasteiger charge is 2.29. The molecule has 0 rings (SSSR count). The number of thioether (sulfide) groups is 1. The fraction of sp³-hybridized carbons (Fsp3) is 0.871. The van der Waals surface area contributed by atoms with Gasteiger partial charge in [0.15, 0.2) is 6.04 Å². The van der Waals surface area contributed by atoms with Gasteiger partial charge in [-0.1, -0.05) is 84.0 Å². The molecule has 0 saturated carbocycles. The Morgan fingerprint density at radius 3 is 1.81 bits per heavy atom. The van der Waals surface area contributed by atoms with Gasteiger partial charge in [-0.2, -0.15) is 11.8 Å². The van der Waals surface area contributed by atoms with E-state index >= 15 is 0 Å². The minimum Gasteiger partial charge on any atom is -0.467 e. The largest absolute Gasteiger partial charge is 0.467 e. The molecule has 0 saturated heterocycles. The topological polar surface area (TPSA) is 129 Å². The monoisotopic (exact) mass is 618 g/mol. The summed E-state index contributed by atoms with van der Waals surface area (Å²) in [5, 5.41) is 5.10. The molecule has 0 aromatic heterocycles. The van der Waals surface area contributed by atoms with Crippen LogP contribution in [0.25, 0.3) is 0 Å². The maximum atomic E-state index is 12.9. The van der Waals surface area contributed by atoms with E-state index in [0.717, 1.165) is 19.3 Å². The third-order valence-corrected chi connectivity index (χ3v) is 7.43. The van der Waals surface area contributed by atoms with Gasteiger partial charge in [0.25, 0.3) is 0 Å². The summed E-state index contributed by atoms with van der Waals surface area (Å²) in [5.41, 5.74) is -0.746. The fourth-order valence-electron chi connectivity index (χ4n) is 4.16. The molecule has 2 amide bonds. The van der Waals surface area contributed by atoms with E-state index in [9.17, 15) is 19.2 Å². The summed E-state index contributed by atoms with van der Waals surface area (Å²) >= 11 is 1.34. The number of rotatable bonds is 25. The molecule has 246 valence electrons. The summed E-state index contributed by atoms with van der Waals surface area (Å²) in [7, 11) is 2.61. The number of ether oxygens (including phenoxy) is 4. The first-order valence-corrected chi connectivity index (χ1v) is 16.8. The molecule has 42 heavy (non-hydrogen) atoms. The second-order valence-electron chi connectivity index (χ2n) is 11.5. The zero-order valence-corrected chi connectivity index (χ0v) is 27.9. The van der Waals surface area contributed by atoms with Crippen molar-refractivity contribution in [3.63, 3.8) is 0 Å². The van der Waals surface area contributed by atoms with Gasteiger partial charge in [-0.3, -0.25) is 9.59 Å². The van der Waals surface area contributed by atoms with E-state index in [2.05, 4.69) is 17.6 Å². The number of hydrogen-bond acceptors (Lipinski definition) is 9. The molecular weight excluding hydrogens is 560 g/mol. The molecule has 2 atom stereocenters. The van der Waals surface area contributed by atoms with Gasteiger partial charge >= 0.3 is 18.0 Å². The Morgan fingerprint density at radius 1 is 0.762 bits per heavy atom. The van der Waals surface area contributed by atoms with Crippen LogP contribution < -0.4 is 10.6 Å². The lowest BCUT2D eigenvalue weighted by molar-refractivity contribution is -0.146. The minimum atomic E-state index is -1.02. The summed E-state index contributed by atoms with van der Waals surface area (Å²) < 4.78 is 20.3. The number of unbranched alkanes of at least 4 members (excludes halogenated alkanes) is 12. The van der Waals surface area contributed by atoms with Crippen LogP contribution in [0.4, 0.5) is 4.79 Å². The van der Waals surface area contributed by atoms with E-state index in [1.807, 2.05) is 0 Å². The zero-order valence-electron chi connectivity index (χ0n) is 27.1. The maximum absolute atomic E-state index is 12.9. The number of esters is 2.